The highest BCUT2D eigenvalue weighted by Gasteiger charge is 2.00. The molecule has 16 heavy (non-hydrogen) atoms. The van der Waals surface area contributed by atoms with Crippen molar-refractivity contribution in [3.63, 3.8) is 0 Å². The van der Waals surface area contributed by atoms with E-state index in [0.29, 0.717) is 24.5 Å². The third kappa shape index (κ3) is 4.30. The number of aliphatic hydroxyl groups is 1. The first-order valence-electron chi connectivity index (χ1n) is 4.78. The molecule has 0 radical (unpaired) electrons. The van der Waals surface area contributed by atoms with Crippen LogP contribution < -0.4 is 4.74 Å². The molecule has 0 spiro atoms. The number of hydrogen-bond acceptors (Lipinski definition) is 3. The highest BCUT2D eigenvalue weighted by atomic mass is 19.1. The lowest BCUT2D eigenvalue weighted by Crippen LogP contribution is -2.04. The van der Waals surface area contributed by atoms with E-state index >= 15 is 0 Å². The molecular formula is C12H13FO3. The molecule has 0 fully saturated rings. The average Bonchev–Trinajstić information content (AvgIpc) is 2.26. The highest BCUT2D eigenvalue weighted by molar-refractivity contribution is 5.40. The van der Waals surface area contributed by atoms with Crippen LogP contribution in [-0.2, 0) is 4.74 Å². The van der Waals surface area contributed by atoms with Crippen LogP contribution in [-0.4, -0.2) is 32.0 Å². The second-order valence-corrected chi connectivity index (χ2v) is 2.98. The summed E-state index contributed by atoms with van der Waals surface area (Å²) in [6, 6.07) is 4.17. The summed E-state index contributed by atoms with van der Waals surface area (Å²) in [5, 5.41) is 8.52. The average molecular weight is 224 g/mol. The van der Waals surface area contributed by atoms with Gasteiger partial charge in [0.1, 0.15) is 24.8 Å². The summed E-state index contributed by atoms with van der Waals surface area (Å²) in [6.07, 6.45) is 0. The molecule has 86 valence electrons. The Bertz CT molecular complexity index is 393. The molecule has 1 aromatic carbocycles. The Balaban J connectivity index is 2.73. The maximum atomic E-state index is 13.1. The Kier molecular flexibility index (Phi) is 5.34. The molecule has 1 rings (SSSR count). The van der Waals surface area contributed by atoms with Gasteiger partial charge in [-0.15, -0.1) is 0 Å². The van der Waals surface area contributed by atoms with E-state index in [4.69, 9.17) is 14.6 Å². The van der Waals surface area contributed by atoms with Crippen LogP contribution in [0.2, 0.25) is 0 Å². The lowest BCUT2D eigenvalue weighted by Gasteiger charge is -2.05. The fraction of sp³-hybridized carbons (Fsp3) is 0.333. The molecule has 1 N–H and O–H groups in total. The first-order valence-corrected chi connectivity index (χ1v) is 4.78. The van der Waals surface area contributed by atoms with Crippen LogP contribution in [0.25, 0.3) is 0 Å². The van der Waals surface area contributed by atoms with Crippen molar-refractivity contribution < 1.29 is 19.0 Å². The van der Waals surface area contributed by atoms with Gasteiger partial charge in [-0.2, -0.15) is 0 Å². The van der Waals surface area contributed by atoms with Crippen molar-refractivity contribution in [2.45, 2.75) is 0 Å². The van der Waals surface area contributed by atoms with Gasteiger partial charge in [-0.1, -0.05) is 11.8 Å². The lowest BCUT2D eigenvalue weighted by atomic mass is 10.2. The zero-order valence-corrected chi connectivity index (χ0v) is 9.00. The SMILES string of the molecule is COCCOc1cc(F)cc(C#CCO)c1. The third-order valence-electron chi connectivity index (χ3n) is 1.74. The van der Waals surface area contributed by atoms with Crippen LogP contribution in [0.5, 0.6) is 5.75 Å². The Hall–Kier alpha value is -1.57. The van der Waals surface area contributed by atoms with Crippen molar-refractivity contribution in [3.05, 3.63) is 29.6 Å². The summed E-state index contributed by atoms with van der Waals surface area (Å²) in [4.78, 5) is 0. The van der Waals surface area contributed by atoms with Gasteiger partial charge >= 0.3 is 0 Å². The molecule has 0 atom stereocenters. The normalized spacial score (nSPS) is 9.44. The minimum absolute atomic E-state index is 0.254. The molecule has 0 aromatic heterocycles. The minimum Gasteiger partial charge on any atom is -0.491 e. The van der Waals surface area contributed by atoms with Gasteiger partial charge in [0, 0.05) is 18.7 Å². The number of benzene rings is 1. The van der Waals surface area contributed by atoms with Crippen LogP contribution >= 0.6 is 0 Å². The van der Waals surface area contributed by atoms with Crippen molar-refractivity contribution in [2.75, 3.05) is 26.9 Å². The molecule has 0 amide bonds. The summed E-state index contributed by atoms with van der Waals surface area (Å²) < 4.78 is 23.2. The molecule has 0 aliphatic carbocycles. The predicted molar refractivity (Wildman–Crippen MR) is 57.7 cm³/mol. The first kappa shape index (κ1) is 12.5. The standard InChI is InChI=1S/C12H13FO3/c1-15-5-6-16-12-8-10(3-2-4-14)7-11(13)9-12/h7-9,14H,4-6H2,1H3. The van der Waals surface area contributed by atoms with Crippen LogP contribution in [0.15, 0.2) is 18.2 Å². The monoisotopic (exact) mass is 224 g/mol. The second-order valence-electron chi connectivity index (χ2n) is 2.98. The van der Waals surface area contributed by atoms with E-state index in [9.17, 15) is 4.39 Å². The zero-order valence-electron chi connectivity index (χ0n) is 9.00. The number of methoxy groups -OCH3 is 1. The molecule has 0 bridgehead atoms. The number of ether oxygens (including phenoxy) is 2. The number of halogens is 1. The minimum atomic E-state index is -0.419. The summed E-state index contributed by atoms with van der Waals surface area (Å²) in [5.74, 6) is 5.04. The number of aliphatic hydroxyl groups excluding tert-OH is 1. The van der Waals surface area contributed by atoms with Gasteiger partial charge in [0.25, 0.3) is 0 Å². The van der Waals surface area contributed by atoms with Crippen molar-refractivity contribution in [1.29, 1.82) is 0 Å². The van der Waals surface area contributed by atoms with Crippen molar-refractivity contribution in [1.82, 2.24) is 0 Å². The Morgan fingerprint density at radius 2 is 2.12 bits per heavy atom. The third-order valence-corrected chi connectivity index (χ3v) is 1.74. The molecular weight excluding hydrogens is 211 g/mol. The smallest absolute Gasteiger partial charge is 0.128 e. The molecule has 0 unspecified atom stereocenters. The molecule has 1 aromatic rings. The van der Waals surface area contributed by atoms with Crippen molar-refractivity contribution in [3.8, 4) is 17.6 Å². The maximum absolute atomic E-state index is 13.1. The number of rotatable bonds is 4. The molecule has 0 aliphatic rings. The molecule has 3 nitrogen and oxygen atoms in total. The van der Waals surface area contributed by atoms with E-state index in [2.05, 4.69) is 11.8 Å². The van der Waals surface area contributed by atoms with Crippen molar-refractivity contribution in [2.24, 2.45) is 0 Å². The first-order chi connectivity index (χ1) is 7.76. The molecule has 0 saturated carbocycles. The summed E-state index contributed by atoms with van der Waals surface area (Å²) in [6.45, 7) is 0.539. The zero-order chi connectivity index (χ0) is 11.8. The predicted octanol–water partition coefficient (Wildman–Crippen LogP) is 1.19. The largest absolute Gasteiger partial charge is 0.491 e. The highest BCUT2D eigenvalue weighted by Crippen LogP contribution is 2.15. The fourth-order valence-corrected chi connectivity index (χ4v) is 1.10. The molecule has 0 aliphatic heterocycles. The van der Waals surface area contributed by atoms with Gasteiger partial charge in [0.15, 0.2) is 0 Å². The summed E-state index contributed by atoms with van der Waals surface area (Å²) >= 11 is 0. The van der Waals surface area contributed by atoms with Gasteiger partial charge in [-0.25, -0.2) is 4.39 Å². The van der Waals surface area contributed by atoms with Gasteiger partial charge < -0.3 is 14.6 Å². The van der Waals surface area contributed by atoms with E-state index in [1.54, 1.807) is 13.2 Å². The van der Waals surface area contributed by atoms with E-state index < -0.39 is 5.82 Å². The Labute approximate surface area is 93.8 Å². The van der Waals surface area contributed by atoms with Crippen LogP contribution in [0.1, 0.15) is 5.56 Å². The molecule has 0 saturated heterocycles. The molecule has 4 heteroatoms. The topological polar surface area (TPSA) is 38.7 Å². The van der Waals surface area contributed by atoms with Gasteiger partial charge in [-0.05, 0) is 12.1 Å². The van der Waals surface area contributed by atoms with Crippen molar-refractivity contribution >= 4 is 0 Å². The van der Waals surface area contributed by atoms with Gasteiger partial charge in [0.05, 0.1) is 6.61 Å². The molecule has 0 heterocycles. The summed E-state index contributed by atoms with van der Waals surface area (Å²) in [5.41, 5.74) is 0.474. The fourth-order valence-electron chi connectivity index (χ4n) is 1.10. The van der Waals surface area contributed by atoms with Crippen LogP contribution in [0.3, 0.4) is 0 Å². The Morgan fingerprint density at radius 3 is 2.81 bits per heavy atom. The van der Waals surface area contributed by atoms with Crippen LogP contribution in [0, 0.1) is 17.7 Å². The quantitative estimate of drug-likeness (QED) is 0.617. The summed E-state index contributed by atoms with van der Waals surface area (Å²) in [7, 11) is 1.56. The van der Waals surface area contributed by atoms with E-state index in [-0.39, 0.29) is 6.61 Å². The number of hydrogen-bond donors (Lipinski definition) is 1. The maximum Gasteiger partial charge on any atom is 0.128 e. The Morgan fingerprint density at radius 1 is 1.31 bits per heavy atom. The van der Waals surface area contributed by atoms with E-state index in [1.807, 2.05) is 0 Å². The van der Waals surface area contributed by atoms with E-state index in [0.717, 1.165) is 0 Å². The van der Waals surface area contributed by atoms with Gasteiger partial charge in [-0.3, -0.25) is 0 Å². The van der Waals surface area contributed by atoms with Crippen LogP contribution in [0.4, 0.5) is 4.39 Å². The van der Waals surface area contributed by atoms with Gasteiger partial charge in [0.2, 0.25) is 0 Å². The lowest BCUT2D eigenvalue weighted by molar-refractivity contribution is 0.146. The van der Waals surface area contributed by atoms with E-state index in [1.165, 1.54) is 12.1 Å². The second kappa shape index (κ2) is 6.83.